The number of ether oxygens (including phenoxy) is 1. The van der Waals surface area contributed by atoms with Crippen molar-refractivity contribution in [2.75, 3.05) is 7.11 Å². The van der Waals surface area contributed by atoms with Crippen molar-refractivity contribution in [3.05, 3.63) is 81.8 Å². The average Bonchev–Trinajstić information content (AvgIpc) is 3.60. The van der Waals surface area contributed by atoms with E-state index in [1.54, 1.807) is 23.5 Å². The van der Waals surface area contributed by atoms with Gasteiger partial charge >= 0.3 is 16.4 Å². The second kappa shape index (κ2) is 11.7. The van der Waals surface area contributed by atoms with E-state index in [1.165, 1.54) is 19.2 Å². The minimum atomic E-state index is -4.13. The van der Waals surface area contributed by atoms with Crippen molar-refractivity contribution in [1.82, 2.24) is 15.6 Å². The molecule has 0 radical (unpaired) electrons. The zero-order valence-corrected chi connectivity index (χ0v) is 21.8. The van der Waals surface area contributed by atoms with Crippen LogP contribution in [0.1, 0.15) is 46.6 Å². The Morgan fingerprint density at radius 3 is 2.35 bits per heavy atom. The maximum atomic E-state index is 13.4. The molecule has 0 aliphatic heterocycles. The lowest BCUT2D eigenvalue weighted by atomic mass is 10.0. The molecule has 37 heavy (non-hydrogen) atoms. The highest BCUT2D eigenvalue weighted by molar-refractivity contribution is 7.84. The number of carbonyl (C=O) groups is 2. The normalized spacial score (nSPS) is 14.9. The van der Waals surface area contributed by atoms with Gasteiger partial charge in [0.15, 0.2) is 0 Å². The van der Waals surface area contributed by atoms with Crippen LogP contribution < -0.4 is 20.0 Å². The van der Waals surface area contributed by atoms with Crippen LogP contribution in [0.2, 0.25) is 0 Å². The lowest BCUT2D eigenvalue weighted by Crippen LogP contribution is -2.49. The molecule has 1 heterocycles. The summed E-state index contributed by atoms with van der Waals surface area (Å²) >= 11 is 1.57. The molecule has 1 saturated carbocycles. The van der Waals surface area contributed by atoms with E-state index in [2.05, 4.69) is 10.6 Å². The Morgan fingerprint density at radius 2 is 1.73 bits per heavy atom. The molecule has 2 unspecified atom stereocenters. The third kappa shape index (κ3) is 8.00. The fourth-order valence-electron chi connectivity index (χ4n) is 3.79. The van der Waals surface area contributed by atoms with E-state index in [4.69, 9.17) is 19.0 Å². The summed E-state index contributed by atoms with van der Waals surface area (Å²) in [6.45, 7) is 0. The fraction of sp³-hybridized carbons (Fsp3) is 0.320. The quantitative estimate of drug-likeness (QED) is 0.336. The molecule has 0 saturated heterocycles. The number of hydrogen-bond donors (Lipinski definition) is 3. The van der Waals surface area contributed by atoms with Crippen LogP contribution in [0.5, 0.6) is 5.75 Å². The first-order chi connectivity index (χ1) is 17.7. The number of aromatic nitrogens is 1. The third-order valence-corrected chi connectivity index (χ3v) is 7.24. The van der Waals surface area contributed by atoms with Gasteiger partial charge in [-0.25, -0.2) is 9.78 Å². The first kappa shape index (κ1) is 26.6. The number of carbonyl (C=O) groups excluding carboxylic acids is 2. The van der Waals surface area contributed by atoms with Crippen LogP contribution in [0.25, 0.3) is 0 Å². The monoisotopic (exact) mass is 544 g/mol. The van der Waals surface area contributed by atoms with Crippen LogP contribution in [-0.2, 0) is 32.7 Å². The van der Waals surface area contributed by atoms with E-state index in [9.17, 15) is 18.0 Å². The van der Waals surface area contributed by atoms with Crippen LogP contribution in [0, 0.1) is 0 Å². The van der Waals surface area contributed by atoms with Crippen LogP contribution in [-0.4, -0.2) is 38.6 Å². The van der Waals surface area contributed by atoms with Crippen molar-refractivity contribution in [2.45, 2.75) is 43.7 Å². The van der Waals surface area contributed by atoms with E-state index in [1.807, 2.05) is 35.7 Å². The Bertz CT molecular complexity index is 1320. The third-order valence-electron chi connectivity index (χ3n) is 5.79. The molecule has 3 aromatic rings. The Hall–Kier alpha value is -3.48. The standard InChI is InChI=1S/C25H28N4O6S2/c1-34-25(31)29-21(14-16-5-3-2-4-6-16)23(30)27-20(22-15-36-24(28-22)18-9-10-18)13-17-7-11-19(12-8-17)35-37(26,32)33/h2-8,11-12,15,18,20-21H,9-10,13-14H2,1H3,(H,27,30)(H,29,31)(H2,26,32,33). The molecular weight excluding hydrogens is 516 g/mol. The predicted octanol–water partition coefficient (Wildman–Crippen LogP) is 2.97. The van der Waals surface area contributed by atoms with Gasteiger partial charge in [0.05, 0.1) is 23.9 Å². The maximum absolute atomic E-state index is 13.4. The number of nitrogens with zero attached hydrogens (tertiary/aromatic N) is 1. The number of methoxy groups -OCH3 is 1. The van der Waals surface area contributed by atoms with Crippen LogP contribution in [0.3, 0.4) is 0 Å². The number of thiazole rings is 1. The molecule has 0 bridgehead atoms. The SMILES string of the molecule is COC(=O)NC(Cc1ccccc1)C(=O)NC(Cc1ccc(OS(N)(=O)=O)cc1)c1csc(C2CC2)n1. The van der Waals surface area contributed by atoms with Gasteiger partial charge < -0.3 is 19.6 Å². The second-order valence-electron chi connectivity index (χ2n) is 8.75. The molecular formula is C25H28N4O6S2. The number of amides is 2. The summed E-state index contributed by atoms with van der Waals surface area (Å²) < 4.78 is 31.8. The minimum absolute atomic E-state index is 0.0849. The highest BCUT2D eigenvalue weighted by Gasteiger charge is 2.30. The molecule has 4 rings (SSSR count). The van der Waals surface area contributed by atoms with Gasteiger partial charge in [-0.15, -0.1) is 11.3 Å². The van der Waals surface area contributed by atoms with E-state index in [0.29, 0.717) is 12.3 Å². The van der Waals surface area contributed by atoms with Crippen LogP contribution in [0.4, 0.5) is 4.79 Å². The predicted molar refractivity (Wildman–Crippen MR) is 138 cm³/mol. The molecule has 1 fully saturated rings. The molecule has 2 amide bonds. The van der Waals surface area contributed by atoms with Gasteiger partial charge in [0, 0.05) is 17.7 Å². The molecule has 2 atom stereocenters. The summed E-state index contributed by atoms with van der Waals surface area (Å²) in [6, 6.07) is 14.4. The van der Waals surface area contributed by atoms with E-state index in [0.717, 1.165) is 34.7 Å². The zero-order chi connectivity index (χ0) is 26.4. The number of alkyl carbamates (subject to hydrolysis) is 1. The van der Waals surface area contributed by atoms with E-state index < -0.39 is 28.5 Å². The maximum Gasteiger partial charge on any atom is 0.407 e. The lowest BCUT2D eigenvalue weighted by Gasteiger charge is -2.23. The summed E-state index contributed by atoms with van der Waals surface area (Å²) in [6.07, 6.45) is 2.17. The molecule has 1 aliphatic rings. The summed E-state index contributed by atoms with van der Waals surface area (Å²) in [5, 5.41) is 13.6. The van der Waals surface area contributed by atoms with Crippen molar-refractivity contribution in [2.24, 2.45) is 5.14 Å². The molecule has 4 N–H and O–H groups in total. The van der Waals surface area contributed by atoms with Gasteiger partial charge in [-0.2, -0.15) is 13.6 Å². The molecule has 1 aliphatic carbocycles. The Morgan fingerprint density at radius 1 is 1.05 bits per heavy atom. The number of benzene rings is 2. The first-order valence-corrected chi connectivity index (χ1v) is 14.0. The largest absolute Gasteiger partial charge is 0.453 e. The van der Waals surface area contributed by atoms with E-state index in [-0.39, 0.29) is 18.1 Å². The summed E-state index contributed by atoms with van der Waals surface area (Å²) in [7, 11) is -2.89. The van der Waals surface area contributed by atoms with E-state index >= 15 is 0 Å². The highest BCUT2D eigenvalue weighted by atomic mass is 32.2. The topological polar surface area (TPSA) is 150 Å². The van der Waals surface area contributed by atoms with Gasteiger partial charge in [-0.05, 0) is 42.5 Å². The number of rotatable bonds is 11. The molecule has 0 spiro atoms. The number of nitrogens with one attached hydrogen (secondary N) is 2. The molecule has 2 aromatic carbocycles. The van der Waals surface area contributed by atoms with Gasteiger partial charge in [-0.3, -0.25) is 4.79 Å². The Labute approximate surface area is 219 Å². The average molecular weight is 545 g/mol. The van der Waals surface area contributed by atoms with Crippen molar-refractivity contribution in [3.8, 4) is 5.75 Å². The van der Waals surface area contributed by atoms with Crippen LogP contribution >= 0.6 is 11.3 Å². The van der Waals surface area contributed by atoms with Gasteiger partial charge in [0.1, 0.15) is 11.8 Å². The van der Waals surface area contributed by atoms with Gasteiger partial charge in [-0.1, -0.05) is 42.5 Å². The smallest absolute Gasteiger partial charge is 0.407 e. The summed E-state index contributed by atoms with van der Waals surface area (Å²) in [5.74, 6) is 0.174. The van der Waals surface area contributed by atoms with Crippen molar-refractivity contribution in [3.63, 3.8) is 0 Å². The Balaban J connectivity index is 1.55. The minimum Gasteiger partial charge on any atom is -0.453 e. The van der Waals surface area contributed by atoms with Gasteiger partial charge in [0.2, 0.25) is 5.91 Å². The molecule has 10 nitrogen and oxygen atoms in total. The fourth-order valence-corrected chi connectivity index (χ4v) is 5.22. The lowest BCUT2D eigenvalue weighted by molar-refractivity contribution is -0.123. The molecule has 12 heteroatoms. The highest BCUT2D eigenvalue weighted by Crippen LogP contribution is 2.42. The second-order valence-corrected chi connectivity index (χ2v) is 10.8. The number of hydrogen-bond acceptors (Lipinski definition) is 8. The van der Waals surface area contributed by atoms with Crippen molar-refractivity contribution < 1.29 is 26.9 Å². The van der Waals surface area contributed by atoms with Gasteiger partial charge in [0.25, 0.3) is 0 Å². The first-order valence-electron chi connectivity index (χ1n) is 11.7. The zero-order valence-electron chi connectivity index (χ0n) is 20.1. The Kier molecular flexibility index (Phi) is 8.41. The summed E-state index contributed by atoms with van der Waals surface area (Å²) in [5.41, 5.74) is 2.42. The van der Waals surface area contributed by atoms with Crippen molar-refractivity contribution >= 4 is 33.6 Å². The summed E-state index contributed by atoms with van der Waals surface area (Å²) in [4.78, 5) is 30.2. The van der Waals surface area contributed by atoms with Crippen LogP contribution in [0.15, 0.2) is 60.0 Å². The molecule has 1 aromatic heterocycles. The molecule has 196 valence electrons. The number of nitrogens with two attached hydrogens (primary N) is 1. The van der Waals surface area contributed by atoms with Crippen molar-refractivity contribution in [1.29, 1.82) is 0 Å².